The van der Waals surface area contributed by atoms with Crippen LogP contribution in [0.5, 0.6) is 11.5 Å². The Morgan fingerprint density at radius 2 is 0.904 bits per heavy atom. The third-order valence-corrected chi connectivity index (χ3v) is 14.3. The quantitative estimate of drug-likeness (QED) is 0.0625. The molecule has 0 atom stereocenters. The molecule has 0 fully saturated rings. The molecule has 73 heavy (non-hydrogen) atoms. The second kappa shape index (κ2) is 21.6. The first kappa shape index (κ1) is 52.5. The summed E-state index contributed by atoms with van der Waals surface area (Å²) in [5.41, 5.74) is -6.80. The van der Waals surface area contributed by atoms with Crippen molar-refractivity contribution in [3.8, 4) is 33.8 Å². The van der Waals surface area contributed by atoms with E-state index in [0.717, 1.165) is 34.3 Å². The monoisotopic (exact) mass is 1060 g/mol. The summed E-state index contributed by atoms with van der Waals surface area (Å²) in [6.45, 7) is 0. The van der Waals surface area contributed by atoms with Crippen LogP contribution >= 0.6 is 0 Å². The second-order valence-electron chi connectivity index (χ2n) is 15.2. The number of halogens is 6. The van der Waals surface area contributed by atoms with Crippen molar-refractivity contribution in [2.45, 2.75) is 11.0 Å². The first-order chi connectivity index (χ1) is 34.5. The maximum Gasteiger partial charge on any atom is 0.534 e. The van der Waals surface area contributed by atoms with Gasteiger partial charge in [0, 0.05) is 34.5 Å². The van der Waals surface area contributed by atoms with Crippen LogP contribution in [0.3, 0.4) is 0 Å². The van der Waals surface area contributed by atoms with Gasteiger partial charge < -0.3 is 19.9 Å². The second-order valence-corrected chi connectivity index (χ2v) is 20.6. The number of fused-ring (bicyclic) bond motifs is 2. The van der Waals surface area contributed by atoms with Gasteiger partial charge in [-0.25, -0.2) is 28.4 Å². The zero-order valence-corrected chi connectivity index (χ0v) is 39.9. The number of alkyl halides is 6. The number of phenols is 1. The maximum absolute atomic E-state index is 13.0. The van der Waals surface area contributed by atoms with Crippen LogP contribution in [0, 0.1) is 0 Å². The standard InChI is InChI=1S/C21H14F3N3O3S.C20H15N3O.C8H8F3NO4S2/c22-21(23,24)31(28,29)30-18-12-15(14-7-3-1-4-8-14)11-16-13-25-20(27-19(16)18)26-17-9-5-2-6-10-17;24-18-12-15(14-7-3-1-4-8-14)11-16-13-21-20(23-19(16)18)22-17-9-5-2-6-10-17;1-17(13,14)12(7-5-3-2-4-6-7)18(15,16)8(9,10)11/h1-13H,(H,25,26,27);1-13,24H,(H,21,22,23);2-6H,1H3. The van der Waals surface area contributed by atoms with Crippen LogP contribution in [0.25, 0.3) is 44.1 Å². The molecule has 9 aromatic rings. The number of phenolic OH excluding ortho intramolecular Hbond substituents is 1. The molecule has 0 amide bonds. The molecule has 7 aromatic carbocycles. The number of nitrogens with zero attached hydrogens (tertiary/aromatic N) is 5. The number of rotatable bonds is 11. The van der Waals surface area contributed by atoms with Crippen LogP contribution in [0.15, 0.2) is 188 Å². The zero-order chi connectivity index (χ0) is 52.6. The number of sulfonamides is 2. The minimum absolute atomic E-state index is 0.0698. The summed E-state index contributed by atoms with van der Waals surface area (Å²) in [7, 11) is -16.5. The molecule has 0 aliphatic carbocycles. The Morgan fingerprint density at radius 3 is 1.33 bits per heavy atom. The number of nitrogens with one attached hydrogen (secondary N) is 2. The Bertz CT molecular complexity index is 3710. The van der Waals surface area contributed by atoms with Gasteiger partial charge in [0.05, 0.1) is 11.9 Å². The number of aromatic nitrogens is 4. The predicted molar refractivity (Wildman–Crippen MR) is 265 cm³/mol. The lowest BCUT2D eigenvalue weighted by Crippen LogP contribution is -2.44. The number of anilines is 5. The number of hydrogen-bond donors (Lipinski definition) is 3. The topological polar surface area (TPSA) is 211 Å². The highest BCUT2D eigenvalue weighted by molar-refractivity contribution is 8.10. The number of benzene rings is 7. The fourth-order valence-electron chi connectivity index (χ4n) is 6.64. The molecule has 0 unspecified atom stereocenters. The van der Waals surface area contributed by atoms with Crippen molar-refractivity contribution in [2.24, 2.45) is 0 Å². The van der Waals surface area contributed by atoms with Crippen LogP contribution in [0.1, 0.15) is 0 Å². The fourth-order valence-corrected chi connectivity index (χ4v) is 9.87. The Morgan fingerprint density at radius 1 is 0.507 bits per heavy atom. The highest BCUT2D eigenvalue weighted by Gasteiger charge is 2.53. The maximum atomic E-state index is 13.0. The number of para-hydroxylation sites is 3. The van der Waals surface area contributed by atoms with Crippen molar-refractivity contribution < 1.29 is 60.9 Å². The van der Waals surface area contributed by atoms with Gasteiger partial charge in [0.1, 0.15) is 16.8 Å². The van der Waals surface area contributed by atoms with E-state index in [4.69, 9.17) is 0 Å². The van der Waals surface area contributed by atoms with Gasteiger partial charge in [0.15, 0.2) is 5.75 Å². The largest absolute Gasteiger partial charge is 0.534 e. The van der Waals surface area contributed by atoms with Crippen molar-refractivity contribution in [3.63, 3.8) is 0 Å². The Labute approximate surface area is 413 Å². The molecular formula is C49H37F6N7O8S3. The van der Waals surface area contributed by atoms with Crippen LogP contribution in [0.2, 0.25) is 0 Å². The van der Waals surface area contributed by atoms with E-state index >= 15 is 0 Å². The summed E-state index contributed by atoms with van der Waals surface area (Å²) in [5, 5.41) is 17.5. The third kappa shape index (κ3) is 13.0. The first-order valence-electron chi connectivity index (χ1n) is 20.9. The molecule has 2 aromatic heterocycles. The summed E-state index contributed by atoms with van der Waals surface area (Å²) in [5.74, 6) is 0.119. The summed E-state index contributed by atoms with van der Waals surface area (Å²) in [4.78, 5) is 17.1. The van der Waals surface area contributed by atoms with E-state index in [1.54, 1.807) is 72.9 Å². The number of hydrogen-bond acceptors (Lipinski definition) is 14. The molecule has 0 aliphatic rings. The smallest absolute Gasteiger partial charge is 0.506 e. The van der Waals surface area contributed by atoms with Gasteiger partial charge in [-0.1, -0.05) is 115 Å². The van der Waals surface area contributed by atoms with Gasteiger partial charge in [0.25, 0.3) is 0 Å². The minimum atomic E-state index is -6.00. The van der Waals surface area contributed by atoms with E-state index in [-0.39, 0.29) is 17.2 Å². The SMILES string of the molecule is CS(=O)(=O)N(c1ccccc1)S(=O)(=O)C(F)(F)F.O=S(=O)(Oc1cc(-c2ccccc2)cc2cnc(Nc3ccccc3)nc12)C(F)(F)F.Oc1cc(-c2ccccc2)cc2cnc(Nc3ccccc3)nc12. The average Bonchev–Trinajstić information content (AvgIpc) is 3.35. The Hall–Kier alpha value is -8.35. The molecule has 0 radical (unpaired) electrons. The van der Waals surface area contributed by atoms with Crippen LogP contribution in [-0.4, -0.2) is 67.6 Å². The normalized spacial score (nSPS) is 11.9. The summed E-state index contributed by atoms with van der Waals surface area (Å²) in [6.07, 6.45) is 3.48. The van der Waals surface area contributed by atoms with E-state index in [9.17, 15) is 56.7 Å². The molecule has 15 nitrogen and oxygen atoms in total. The first-order valence-corrected chi connectivity index (χ1v) is 25.6. The summed E-state index contributed by atoms with van der Waals surface area (Å²) in [6, 6.07) is 49.5. The van der Waals surface area contributed by atoms with Gasteiger partial charge in [-0.15, -0.1) is 0 Å². The predicted octanol–water partition coefficient (Wildman–Crippen LogP) is 11.3. The lowest BCUT2D eigenvalue weighted by Gasteiger charge is -2.22. The third-order valence-electron chi connectivity index (χ3n) is 9.85. The molecular weight excluding hydrogens is 1020 g/mol. The lowest BCUT2D eigenvalue weighted by atomic mass is 10.0. The van der Waals surface area contributed by atoms with Crippen LogP contribution in [0.4, 0.5) is 55.3 Å². The lowest BCUT2D eigenvalue weighted by molar-refractivity contribution is -0.0500. The molecule has 24 heteroatoms. The number of aromatic hydroxyl groups is 1. The fraction of sp³-hybridized carbons (Fsp3) is 0.0612. The van der Waals surface area contributed by atoms with Gasteiger partial charge in [0.2, 0.25) is 21.9 Å². The molecule has 0 aliphatic heterocycles. The summed E-state index contributed by atoms with van der Waals surface area (Å²) >= 11 is 0. The summed E-state index contributed by atoms with van der Waals surface area (Å²) < 4.78 is 148. The molecule has 3 N–H and O–H groups in total. The van der Waals surface area contributed by atoms with Gasteiger partial charge in [-0.05, 0) is 82.9 Å². The highest BCUT2D eigenvalue weighted by Crippen LogP contribution is 2.37. The molecule has 0 spiro atoms. The van der Waals surface area contributed by atoms with E-state index in [1.807, 2.05) is 72.8 Å². The minimum Gasteiger partial charge on any atom is -0.506 e. The Balaban J connectivity index is 0.000000167. The molecule has 0 saturated carbocycles. The highest BCUT2D eigenvalue weighted by atomic mass is 32.3. The zero-order valence-electron chi connectivity index (χ0n) is 37.4. The van der Waals surface area contributed by atoms with E-state index in [0.29, 0.717) is 39.9 Å². The van der Waals surface area contributed by atoms with Gasteiger partial charge >= 0.3 is 31.2 Å². The average molecular weight is 1060 g/mol. The van der Waals surface area contributed by atoms with Crippen molar-refractivity contribution >= 4 is 80.9 Å². The van der Waals surface area contributed by atoms with Crippen molar-refractivity contribution in [1.82, 2.24) is 19.9 Å². The van der Waals surface area contributed by atoms with Crippen molar-refractivity contribution in [2.75, 3.05) is 20.6 Å². The van der Waals surface area contributed by atoms with Gasteiger partial charge in [-0.3, -0.25) is 0 Å². The molecule has 0 saturated heterocycles. The molecule has 9 rings (SSSR count). The van der Waals surface area contributed by atoms with Crippen molar-refractivity contribution in [3.05, 3.63) is 188 Å². The van der Waals surface area contributed by atoms with Crippen LogP contribution in [-0.2, 0) is 30.2 Å². The van der Waals surface area contributed by atoms with Crippen LogP contribution < -0.4 is 18.5 Å². The van der Waals surface area contributed by atoms with E-state index in [1.165, 1.54) is 30.5 Å². The van der Waals surface area contributed by atoms with Crippen molar-refractivity contribution in [1.29, 1.82) is 0 Å². The van der Waals surface area contributed by atoms with Gasteiger partial charge in [-0.2, -0.15) is 46.9 Å². The van der Waals surface area contributed by atoms with E-state index in [2.05, 4.69) is 34.8 Å². The van der Waals surface area contributed by atoms with E-state index < -0.39 is 56.3 Å². The molecule has 0 bridgehead atoms. The Kier molecular flexibility index (Phi) is 15.5. The molecule has 376 valence electrons. The molecule has 2 heterocycles.